The number of nitrogens with one attached hydrogen (secondary N) is 1. The summed E-state index contributed by atoms with van der Waals surface area (Å²) in [5, 5.41) is 22.4. The van der Waals surface area contributed by atoms with Gasteiger partial charge in [-0.15, -0.1) is 0 Å². The van der Waals surface area contributed by atoms with Gasteiger partial charge < -0.3 is 14.9 Å². The molecule has 2 rings (SSSR count). The number of rotatable bonds is 5. The zero-order valence-electron chi connectivity index (χ0n) is 12.5. The van der Waals surface area contributed by atoms with Crippen molar-refractivity contribution < 1.29 is 24.1 Å². The molecule has 0 bridgehead atoms. The molecule has 0 aliphatic rings. The summed E-state index contributed by atoms with van der Waals surface area (Å²) in [7, 11) is 0. The number of benzene rings is 2. The molecule has 1 atom stereocenters. The second kappa shape index (κ2) is 7.65. The Kier molecular flexibility index (Phi) is 5.59. The third kappa shape index (κ3) is 4.60. The van der Waals surface area contributed by atoms with E-state index >= 15 is 0 Å². The van der Waals surface area contributed by atoms with Gasteiger partial charge in [-0.1, -0.05) is 11.6 Å². The third-order valence-corrected chi connectivity index (χ3v) is 3.24. The summed E-state index contributed by atoms with van der Waals surface area (Å²) in [6.07, 6.45) is 0.387. The molecule has 0 aliphatic heterocycles. The van der Waals surface area contributed by atoms with Crippen molar-refractivity contribution in [2.45, 2.75) is 13.0 Å². The van der Waals surface area contributed by atoms with Gasteiger partial charge in [0.05, 0.1) is 11.2 Å². The lowest BCUT2D eigenvalue weighted by atomic mass is 10.2. The lowest BCUT2D eigenvalue weighted by Gasteiger charge is -2.12. The second-order valence-corrected chi connectivity index (χ2v) is 5.23. The van der Waals surface area contributed by atoms with Gasteiger partial charge >= 0.3 is 0 Å². The fraction of sp³-hybridized carbons (Fsp3) is 0.125. The lowest BCUT2D eigenvalue weighted by molar-refractivity contribution is -0.127. The highest BCUT2D eigenvalue weighted by Crippen LogP contribution is 2.33. The Balaban J connectivity index is 1.93. The minimum atomic E-state index is -0.857. The molecule has 24 heavy (non-hydrogen) atoms. The standard InChI is InChI=1S/C16H14ClFN2O4/c1-9(24-12-4-2-11(18)3-5-12)16(23)20-19-8-10-6-13(17)15(22)14(21)7-10/h2-9,21-22H,1H3,(H,20,23)/b19-8+/t9-/m0/s1. The molecule has 0 heterocycles. The van der Waals surface area contributed by atoms with Crippen molar-refractivity contribution in [1.82, 2.24) is 5.43 Å². The number of phenolic OH excluding ortho intramolecular Hbond substituents is 2. The number of nitrogens with zero attached hydrogens (tertiary/aromatic N) is 1. The first kappa shape index (κ1) is 17.6. The first-order chi connectivity index (χ1) is 11.4. The van der Waals surface area contributed by atoms with Crippen molar-refractivity contribution in [3.8, 4) is 17.2 Å². The smallest absolute Gasteiger partial charge is 0.280 e. The molecule has 126 valence electrons. The van der Waals surface area contributed by atoms with Gasteiger partial charge in [0.15, 0.2) is 17.6 Å². The molecule has 0 fully saturated rings. The SMILES string of the molecule is C[C@H](Oc1ccc(F)cc1)C(=O)N/N=C/c1cc(O)c(O)c(Cl)c1. The van der Waals surface area contributed by atoms with Gasteiger partial charge in [-0.25, -0.2) is 9.82 Å². The molecule has 0 unspecified atom stereocenters. The molecule has 2 aromatic rings. The average molecular weight is 353 g/mol. The molecule has 3 N–H and O–H groups in total. The van der Waals surface area contributed by atoms with E-state index in [2.05, 4.69) is 10.5 Å². The predicted octanol–water partition coefficient (Wildman–Crippen LogP) is 2.81. The molecule has 0 saturated carbocycles. The van der Waals surface area contributed by atoms with E-state index in [-0.39, 0.29) is 5.02 Å². The third-order valence-electron chi connectivity index (χ3n) is 2.95. The van der Waals surface area contributed by atoms with Gasteiger partial charge in [-0.3, -0.25) is 4.79 Å². The van der Waals surface area contributed by atoms with Crippen LogP contribution in [0.3, 0.4) is 0 Å². The molecular formula is C16H14ClFN2O4. The van der Waals surface area contributed by atoms with Crippen LogP contribution < -0.4 is 10.2 Å². The van der Waals surface area contributed by atoms with Gasteiger partial charge in [0.2, 0.25) is 0 Å². The van der Waals surface area contributed by atoms with Crippen LogP contribution in [0.15, 0.2) is 41.5 Å². The Morgan fingerprint density at radius 3 is 2.62 bits per heavy atom. The predicted molar refractivity (Wildman–Crippen MR) is 87.0 cm³/mol. The first-order valence-corrected chi connectivity index (χ1v) is 7.21. The van der Waals surface area contributed by atoms with E-state index in [1.165, 1.54) is 49.5 Å². The summed E-state index contributed by atoms with van der Waals surface area (Å²) < 4.78 is 18.1. The first-order valence-electron chi connectivity index (χ1n) is 6.83. The fourth-order valence-electron chi connectivity index (χ4n) is 1.71. The van der Waals surface area contributed by atoms with Crippen LogP contribution in [0.1, 0.15) is 12.5 Å². The van der Waals surface area contributed by atoms with Crippen LogP contribution in [0.25, 0.3) is 0 Å². The van der Waals surface area contributed by atoms with Gasteiger partial charge in [0.25, 0.3) is 5.91 Å². The molecule has 0 aromatic heterocycles. The minimum Gasteiger partial charge on any atom is -0.504 e. The molecule has 8 heteroatoms. The average Bonchev–Trinajstić information content (AvgIpc) is 2.54. The zero-order valence-corrected chi connectivity index (χ0v) is 13.3. The largest absolute Gasteiger partial charge is 0.504 e. The Labute approximate surface area is 142 Å². The number of carbonyl (C=O) groups excluding carboxylic acids is 1. The molecule has 0 aliphatic carbocycles. The summed E-state index contributed by atoms with van der Waals surface area (Å²) in [6.45, 7) is 1.51. The van der Waals surface area contributed by atoms with Gasteiger partial charge in [0, 0.05) is 0 Å². The van der Waals surface area contributed by atoms with Crippen molar-refractivity contribution in [1.29, 1.82) is 0 Å². The summed E-state index contributed by atoms with van der Waals surface area (Å²) in [6, 6.07) is 7.85. The number of hydrogen-bond acceptors (Lipinski definition) is 5. The van der Waals surface area contributed by atoms with E-state index in [1.807, 2.05) is 0 Å². The minimum absolute atomic E-state index is 0.0456. The van der Waals surface area contributed by atoms with Crippen molar-refractivity contribution >= 4 is 23.7 Å². The summed E-state index contributed by atoms with van der Waals surface area (Å²) in [5.41, 5.74) is 2.64. The van der Waals surface area contributed by atoms with E-state index in [1.54, 1.807) is 0 Å². The number of amides is 1. The normalized spacial score (nSPS) is 12.1. The van der Waals surface area contributed by atoms with E-state index in [9.17, 15) is 19.4 Å². The Bertz CT molecular complexity index is 742. The Morgan fingerprint density at radius 1 is 1.33 bits per heavy atom. The van der Waals surface area contributed by atoms with Crippen LogP contribution in [-0.4, -0.2) is 28.4 Å². The van der Waals surface area contributed by atoms with Crippen LogP contribution in [0.4, 0.5) is 4.39 Å². The highest BCUT2D eigenvalue weighted by atomic mass is 35.5. The van der Waals surface area contributed by atoms with Gasteiger partial charge in [-0.05, 0) is 48.9 Å². The number of carbonyl (C=O) groups is 1. The Hall–Kier alpha value is -2.80. The number of ether oxygens (including phenoxy) is 1. The maximum absolute atomic E-state index is 12.8. The summed E-state index contributed by atoms with van der Waals surface area (Å²) in [5.74, 6) is -1.41. The monoisotopic (exact) mass is 352 g/mol. The van der Waals surface area contributed by atoms with E-state index in [0.29, 0.717) is 11.3 Å². The highest BCUT2D eigenvalue weighted by molar-refractivity contribution is 6.32. The van der Waals surface area contributed by atoms with E-state index in [4.69, 9.17) is 16.3 Å². The molecule has 0 saturated heterocycles. The fourth-order valence-corrected chi connectivity index (χ4v) is 1.93. The Morgan fingerprint density at radius 2 is 2.00 bits per heavy atom. The number of hydrazone groups is 1. The van der Waals surface area contributed by atoms with Crippen LogP contribution in [0.5, 0.6) is 17.2 Å². The van der Waals surface area contributed by atoms with Gasteiger partial charge in [0.1, 0.15) is 11.6 Å². The topological polar surface area (TPSA) is 91.2 Å². The van der Waals surface area contributed by atoms with Crippen LogP contribution >= 0.6 is 11.6 Å². The van der Waals surface area contributed by atoms with Crippen molar-refractivity contribution in [3.05, 3.63) is 52.8 Å². The zero-order chi connectivity index (χ0) is 17.7. The quantitative estimate of drug-likeness (QED) is 0.438. The van der Waals surface area contributed by atoms with Gasteiger partial charge in [-0.2, -0.15) is 5.10 Å². The highest BCUT2D eigenvalue weighted by Gasteiger charge is 2.14. The number of halogens is 2. The number of aromatic hydroxyl groups is 2. The maximum Gasteiger partial charge on any atom is 0.280 e. The van der Waals surface area contributed by atoms with Crippen LogP contribution in [0, 0.1) is 5.82 Å². The van der Waals surface area contributed by atoms with E-state index in [0.717, 1.165) is 0 Å². The number of hydrogen-bond donors (Lipinski definition) is 3. The van der Waals surface area contributed by atoms with E-state index < -0.39 is 29.3 Å². The molecule has 6 nitrogen and oxygen atoms in total. The van der Waals surface area contributed by atoms with Crippen LogP contribution in [0.2, 0.25) is 5.02 Å². The molecule has 1 amide bonds. The van der Waals surface area contributed by atoms with Crippen LogP contribution in [-0.2, 0) is 4.79 Å². The summed E-state index contributed by atoms with van der Waals surface area (Å²) >= 11 is 5.71. The second-order valence-electron chi connectivity index (χ2n) is 4.82. The molecule has 2 aromatic carbocycles. The van der Waals surface area contributed by atoms with Crippen molar-refractivity contribution in [3.63, 3.8) is 0 Å². The molecule has 0 radical (unpaired) electrons. The molecule has 0 spiro atoms. The molecular weight excluding hydrogens is 339 g/mol. The summed E-state index contributed by atoms with van der Waals surface area (Å²) in [4.78, 5) is 11.9. The van der Waals surface area contributed by atoms with Crippen molar-refractivity contribution in [2.24, 2.45) is 5.10 Å². The lowest BCUT2D eigenvalue weighted by Crippen LogP contribution is -2.33. The maximum atomic E-state index is 12.8. The van der Waals surface area contributed by atoms with Crippen molar-refractivity contribution in [2.75, 3.05) is 0 Å². The number of phenols is 2.